The molecule has 82 valence electrons. The molecule has 0 saturated carbocycles. The quantitative estimate of drug-likeness (QED) is 0.702. The van der Waals surface area contributed by atoms with Crippen molar-refractivity contribution in [2.75, 3.05) is 0 Å². The standard InChI is InChI=1S/C13H10Br2O/c14-9-10-8-11(15)6-7-13(10)16-12-4-2-1-3-5-12/h1-8H,9H2. The van der Waals surface area contributed by atoms with Crippen molar-refractivity contribution < 1.29 is 4.74 Å². The highest BCUT2D eigenvalue weighted by atomic mass is 79.9. The third kappa shape index (κ3) is 2.86. The zero-order valence-corrected chi connectivity index (χ0v) is 11.7. The zero-order chi connectivity index (χ0) is 11.4. The van der Waals surface area contributed by atoms with E-state index in [1.165, 1.54) is 0 Å². The Morgan fingerprint density at radius 1 is 1.00 bits per heavy atom. The minimum Gasteiger partial charge on any atom is -0.457 e. The Labute approximate surface area is 112 Å². The van der Waals surface area contributed by atoms with Gasteiger partial charge in [0.2, 0.25) is 0 Å². The molecule has 0 aromatic heterocycles. The van der Waals surface area contributed by atoms with Crippen LogP contribution in [0.1, 0.15) is 5.56 Å². The lowest BCUT2D eigenvalue weighted by Gasteiger charge is -2.09. The van der Waals surface area contributed by atoms with Gasteiger partial charge in [-0.25, -0.2) is 0 Å². The average Bonchev–Trinajstić information content (AvgIpc) is 2.33. The predicted molar refractivity (Wildman–Crippen MR) is 73.3 cm³/mol. The van der Waals surface area contributed by atoms with Gasteiger partial charge in [0.25, 0.3) is 0 Å². The molecule has 0 atom stereocenters. The molecule has 0 N–H and O–H groups in total. The number of benzene rings is 2. The Balaban J connectivity index is 2.28. The van der Waals surface area contributed by atoms with Crippen LogP contribution in [0.25, 0.3) is 0 Å². The van der Waals surface area contributed by atoms with Gasteiger partial charge in [-0.1, -0.05) is 50.1 Å². The molecule has 2 rings (SSSR count). The fraction of sp³-hybridized carbons (Fsp3) is 0.0769. The van der Waals surface area contributed by atoms with Crippen LogP contribution in [0.4, 0.5) is 0 Å². The molecule has 3 heteroatoms. The summed E-state index contributed by atoms with van der Waals surface area (Å²) in [5.74, 6) is 1.73. The summed E-state index contributed by atoms with van der Waals surface area (Å²) < 4.78 is 6.86. The zero-order valence-electron chi connectivity index (χ0n) is 8.49. The van der Waals surface area contributed by atoms with Gasteiger partial charge >= 0.3 is 0 Å². The van der Waals surface area contributed by atoms with Crippen molar-refractivity contribution in [2.45, 2.75) is 5.33 Å². The van der Waals surface area contributed by atoms with Gasteiger partial charge in [0.05, 0.1) is 0 Å². The van der Waals surface area contributed by atoms with E-state index in [9.17, 15) is 0 Å². The summed E-state index contributed by atoms with van der Waals surface area (Å²) in [5, 5.41) is 0.772. The molecule has 2 aromatic rings. The molecule has 16 heavy (non-hydrogen) atoms. The van der Waals surface area contributed by atoms with Crippen molar-refractivity contribution in [1.29, 1.82) is 0 Å². The minimum atomic E-state index is 0.772. The molecule has 0 aliphatic rings. The molecule has 0 radical (unpaired) electrons. The number of hydrogen-bond acceptors (Lipinski definition) is 1. The van der Waals surface area contributed by atoms with Crippen molar-refractivity contribution in [2.24, 2.45) is 0 Å². The molecule has 0 bridgehead atoms. The van der Waals surface area contributed by atoms with Crippen LogP contribution in [0.2, 0.25) is 0 Å². The first-order chi connectivity index (χ1) is 7.79. The van der Waals surface area contributed by atoms with Crippen molar-refractivity contribution in [3.63, 3.8) is 0 Å². The molecule has 0 fully saturated rings. The molecule has 0 spiro atoms. The molecule has 0 amide bonds. The van der Waals surface area contributed by atoms with E-state index >= 15 is 0 Å². The third-order valence-electron chi connectivity index (χ3n) is 2.14. The first kappa shape index (κ1) is 11.7. The maximum Gasteiger partial charge on any atom is 0.131 e. The maximum atomic E-state index is 5.80. The Hall–Kier alpha value is -0.800. The van der Waals surface area contributed by atoms with Crippen molar-refractivity contribution in [1.82, 2.24) is 0 Å². The number of halogens is 2. The Morgan fingerprint density at radius 2 is 1.75 bits per heavy atom. The maximum absolute atomic E-state index is 5.80. The Morgan fingerprint density at radius 3 is 2.44 bits per heavy atom. The smallest absolute Gasteiger partial charge is 0.131 e. The van der Waals surface area contributed by atoms with Gasteiger partial charge in [-0.3, -0.25) is 0 Å². The summed E-state index contributed by atoms with van der Waals surface area (Å²) in [6.07, 6.45) is 0. The summed E-state index contributed by atoms with van der Waals surface area (Å²) in [5.41, 5.74) is 1.12. The van der Waals surface area contributed by atoms with Gasteiger partial charge in [0.15, 0.2) is 0 Å². The summed E-state index contributed by atoms with van der Waals surface area (Å²) in [6, 6.07) is 15.8. The average molecular weight is 342 g/mol. The van der Waals surface area contributed by atoms with Crippen molar-refractivity contribution in [3.8, 4) is 11.5 Å². The molecule has 1 nitrogen and oxygen atoms in total. The van der Waals surface area contributed by atoms with Crippen molar-refractivity contribution >= 4 is 31.9 Å². The van der Waals surface area contributed by atoms with Gasteiger partial charge in [-0.15, -0.1) is 0 Å². The molecule has 0 heterocycles. The van der Waals surface area contributed by atoms with Crippen LogP contribution in [0.5, 0.6) is 11.5 Å². The van der Waals surface area contributed by atoms with Crippen LogP contribution < -0.4 is 4.74 Å². The van der Waals surface area contributed by atoms with Gasteiger partial charge < -0.3 is 4.74 Å². The first-order valence-corrected chi connectivity index (χ1v) is 6.78. The fourth-order valence-electron chi connectivity index (χ4n) is 1.37. The topological polar surface area (TPSA) is 9.23 Å². The summed E-state index contributed by atoms with van der Waals surface area (Å²) >= 11 is 6.90. The number of hydrogen-bond donors (Lipinski definition) is 0. The second kappa shape index (κ2) is 5.51. The first-order valence-electron chi connectivity index (χ1n) is 4.87. The van der Waals surface area contributed by atoms with E-state index in [1.54, 1.807) is 0 Å². The van der Waals surface area contributed by atoms with Crippen molar-refractivity contribution in [3.05, 3.63) is 58.6 Å². The van der Waals surface area contributed by atoms with Gasteiger partial charge in [0, 0.05) is 15.4 Å². The molecule has 0 unspecified atom stereocenters. The van der Waals surface area contributed by atoms with Crippen LogP contribution in [-0.4, -0.2) is 0 Å². The fourth-order valence-corrected chi connectivity index (χ4v) is 2.21. The molecule has 0 saturated heterocycles. The van der Waals surface area contributed by atoms with Gasteiger partial charge in [-0.05, 0) is 30.3 Å². The lowest BCUT2D eigenvalue weighted by Crippen LogP contribution is -1.89. The highest BCUT2D eigenvalue weighted by Gasteiger charge is 2.04. The minimum absolute atomic E-state index is 0.772. The molecule has 2 aromatic carbocycles. The van der Waals surface area contributed by atoms with Crippen LogP contribution in [0, 0.1) is 0 Å². The van der Waals surface area contributed by atoms with E-state index in [1.807, 2.05) is 48.5 Å². The Kier molecular flexibility index (Phi) is 4.02. The van der Waals surface area contributed by atoms with Crippen LogP contribution in [-0.2, 0) is 5.33 Å². The number of rotatable bonds is 3. The molecular formula is C13H10Br2O. The SMILES string of the molecule is BrCc1cc(Br)ccc1Oc1ccccc1. The van der Waals surface area contributed by atoms with E-state index in [2.05, 4.69) is 31.9 Å². The molecule has 0 aliphatic carbocycles. The second-order valence-corrected chi connectivity index (χ2v) is 4.78. The summed E-state index contributed by atoms with van der Waals surface area (Å²) in [7, 11) is 0. The van der Waals surface area contributed by atoms with Crippen LogP contribution >= 0.6 is 31.9 Å². The van der Waals surface area contributed by atoms with Gasteiger partial charge in [0.1, 0.15) is 11.5 Å². The third-order valence-corrected chi connectivity index (χ3v) is 3.23. The van der Waals surface area contributed by atoms with E-state index in [0.717, 1.165) is 26.9 Å². The van der Waals surface area contributed by atoms with E-state index in [4.69, 9.17) is 4.74 Å². The lowest BCUT2D eigenvalue weighted by molar-refractivity contribution is 0.478. The van der Waals surface area contributed by atoms with E-state index < -0.39 is 0 Å². The number of para-hydroxylation sites is 1. The number of ether oxygens (including phenoxy) is 1. The van der Waals surface area contributed by atoms with E-state index in [-0.39, 0.29) is 0 Å². The summed E-state index contributed by atoms with van der Waals surface area (Å²) in [4.78, 5) is 0. The van der Waals surface area contributed by atoms with Crippen LogP contribution in [0.3, 0.4) is 0 Å². The highest BCUT2D eigenvalue weighted by molar-refractivity contribution is 9.10. The lowest BCUT2D eigenvalue weighted by atomic mass is 10.2. The van der Waals surface area contributed by atoms with Gasteiger partial charge in [-0.2, -0.15) is 0 Å². The monoisotopic (exact) mass is 340 g/mol. The summed E-state index contributed by atoms with van der Waals surface area (Å²) in [6.45, 7) is 0. The predicted octanol–water partition coefficient (Wildman–Crippen LogP) is 5.14. The molecule has 0 aliphatic heterocycles. The highest BCUT2D eigenvalue weighted by Crippen LogP contribution is 2.29. The normalized spacial score (nSPS) is 10.1. The Bertz CT molecular complexity index is 469. The largest absolute Gasteiger partial charge is 0.457 e. The van der Waals surface area contributed by atoms with Crippen LogP contribution in [0.15, 0.2) is 53.0 Å². The number of alkyl halides is 1. The van der Waals surface area contributed by atoms with E-state index in [0.29, 0.717) is 0 Å². The molecular weight excluding hydrogens is 332 g/mol. The second-order valence-electron chi connectivity index (χ2n) is 3.30.